The Bertz CT molecular complexity index is 525. The van der Waals surface area contributed by atoms with Crippen molar-refractivity contribution in [2.45, 2.75) is 44.7 Å². The van der Waals surface area contributed by atoms with Gasteiger partial charge in [-0.1, -0.05) is 6.42 Å². The molecular weight excluding hydrogens is 282 g/mol. The molecule has 0 spiro atoms. The highest BCUT2D eigenvalue weighted by molar-refractivity contribution is 5.65. The van der Waals surface area contributed by atoms with Crippen molar-refractivity contribution < 1.29 is 24.3 Å². The lowest BCUT2D eigenvalue weighted by Gasteiger charge is -2.32. The fourth-order valence-electron chi connectivity index (χ4n) is 3.51. The molecule has 0 aromatic heterocycles. The van der Waals surface area contributed by atoms with Crippen LogP contribution in [0, 0.1) is 0 Å². The molecule has 0 saturated heterocycles. The molecule has 1 heterocycles. The maximum Gasteiger partial charge on any atom is 0.161 e. The number of fused-ring (bicyclic) bond motifs is 1. The summed E-state index contributed by atoms with van der Waals surface area (Å²) in [6.45, 7) is 1.90. The maximum atomic E-state index is 11.1. The van der Waals surface area contributed by atoms with Gasteiger partial charge in [-0.15, -0.1) is 0 Å². The lowest BCUT2D eigenvalue weighted by molar-refractivity contribution is -0.934. The van der Waals surface area contributed by atoms with E-state index in [2.05, 4.69) is 0 Å². The van der Waals surface area contributed by atoms with Crippen LogP contribution in [0.15, 0.2) is 18.2 Å². The van der Waals surface area contributed by atoms with Crippen molar-refractivity contribution in [2.24, 2.45) is 0 Å². The number of quaternary nitrogens is 1. The van der Waals surface area contributed by atoms with Crippen LogP contribution in [0.4, 0.5) is 0 Å². The number of hydrogen-bond acceptors (Lipinski definition) is 4. The number of hydrogen-bond donors (Lipinski definition) is 1. The number of nitrogens with one attached hydrogen (secondary N) is 1. The number of carboxylic acids is 1. The van der Waals surface area contributed by atoms with Crippen molar-refractivity contribution in [3.8, 4) is 11.5 Å². The van der Waals surface area contributed by atoms with E-state index in [1.165, 1.54) is 19.3 Å². The molecule has 1 aromatic carbocycles. The van der Waals surface area contributed by atoms with Crippen LogP contribution >= 0.6 is 0 Å². The number of carbonyl (C=O) groups excluding carboxylic acids is 1. The van der Waals surface area contributed by atoms with E-state index in [1.54, 1.807) is 0 Å². The summed E-state index contributed by atoms with van der Waals surface area (Å²) in [7, 11) is 0. The first-order valence-electron chi connectivity index (χ1n) is 8.15. The number of ether oxygens (including phenoxy) is 2. The lowest BCUT2D eigenvalue weighted by Crippen LogP contribution is -3.15. The van der Waals surface area contributed by atoms with Crippen molar-refractivity contribution >= 4 is 5.97 Å². The van der Waals surface area contributed by atoms with E-state index in [4.69, 9.17) is 9.47 Å². The van der Waals surface area contributed by atoms with E-state index in [0.29, 0.717) is 25.8 Å². The summed E-state index contributed by atoms with van der Waals surface area (Å²) in [4.78, 5) is 12.2. The predicted molar refractivity (Wildman–Crippen MR) is 78.8 cm³/mol. The molecule has 1 fully saturated rings. The zero-order valence-corrected chi connectivity index (χ0v) is 12.8. The Labute approximate surface area is 130 Å². The minimum atomic E-state index is -0.974. The highest BCUT2D eigenvalue weighted by atomic mass is 16.6. The van der Waals surface area contributed by atoms with E-state index in [-0.39, 0.29) is 6.54 Å². The largest absolute Gasteiger partial charge is 0.544 e. The van der Waals surface area contributed by atoms with Gasteiger partial charge in [-0.25, -0.2) is 0 Å². The Morgan fingerprint density at radius 3 is 2.59 bits per heavy atom. The van der Waals surface area contributed by atoms with Crippen LogP contribution in [0.25, 0.3) is 0 Å². The molecule has 120 valence electrons. The zero-order chi connectivity index (χ0) is 15.4. The van der Waals surface area contributed by atoms with Gasteiger partial charge in [0.1, 0.15) is 26.3 Å². The van der Waals surface area contributed by atoms with Crippen molar-refractivity contribution in [3.63, 3.8) is 0 Å². The third-order valence-electron chi connectivity index (χ3n) is 4.59. The Morgan fingerprint density at radius 2 is 1.86 bits per heavy atom. The second-order valence-electron chi connectivity index (χ2n) is 6.20. The molecule has 5 nitrogen and oxygen atoms in total. The first-order valence-corrected chi connectivity index (χ1v) is 8.15. The molecule has 3 rings (SSSR count). The summed E-state index contributed by atoms with van der Waals surface area (Å²) in [6, 6.07) is 6.32. The molecule has 0 amide bonds. The Kier molecular flexibility index (Phi) is 4.83. The van der Waals surface area contributed by atoms with Crippen LogP contribution < -0.4 is 19.5 Å². The van der Waals surface area contributed by atoms with Crippen molar-refractivity contribution in [1.29, 1.82) is 0 Å². The van der Waals surface area contributed by atoms with Gasteiger partial charge in [-0.3, -0.25) is 0 Å². The highest BCUT2D eigenvalue weighted by Crippen LogP contribution is 2.30. The van der Waals surface area contributed by atoms with Crippen molar-refractivity contribution in [3.05, 3.63) is 23.8 Å². The number of rotatable bonds is 5. The third kappa shape index (κ3) is 3.71. The van der Waals surface area contributed by atoms with E-state index < -0.39 is 5.97 Å². The number of benzene rings is 1. The molecule has 22 heavy (non-hydrogen) atoms. The van der Waals surface area contributed by atoms with Crippen LogP contribution in [0.1, 0.15) is 37.7 Å². The Balaban J connectivity index is 1.72. The topological polar surface area (TPSA) is 63.0 Å². The number of carboxylic acid groups (broad SMARTS) is 1. The molecule has 1 N–H and O–H groups in total. The average Bonchev–Trinajstić information content (AvgIpc) is 2.54. The molecule has 1 aliphatic heterocycles. The molecule has 5 heteroatoms. The smallest absolute Gasteiger partial charge is 0.161 e. The minimum Gasteiger partial charge on any atom is -0.544 e. The standard InChI is InChI=1S/C17H23NO4/c19-17(20)12-18(14-4-2-1-3-5-14)11-13-6-7-15-16(10-13)22-9-8-21-15/h6-7,10,14H,1-5,8-9,11-12H2,(H,19,20). The first kappa shape index (κ1) is 15.2. The molecule has 1 atom stereocenters. The Hall–Kier alpha value is -1.75. The van der Waals surface area contributed by atoms with Gasteiger partial charge in [0.15, 0.2) is 11.5 Å². The Morgan fingerprint density at radius 1 is 1.14 bits per heavy atom. The second-order valence-corrected chi connectivity index (χ2v) is 6.20. The molecule has 1 aromatic rings. The van der Waals surface area contributed by atoms with Crippen molar-refractivity contribution in [1.82, 2.24) is 0 Å². The third-order valence-corrected chi connectivity index (χ3v) is 4.59. The van der Waals surface area contributed by atoms with Gasteiger partial charge >= 0.3 is 0 Å². The van der Waals surface area contributed by atoms with E-state index in [9.17, 15) is 9.90 Å². The van der Waals surface area contributed by atoms with Crippen LogP contribution in [0.2, 0.25) is 0 Å². The molecule has 2 aliphatic rings. The second kappa shape index (κ2) is 7.01. The number of aliphatic carboxylic acids is 1. The summed E-state index contributed by atoms with van der Waals surface area (Å²) >= 11 is 0. The van der Waals surface area contributed by atoms with Crippen LogP contribution in [0.3, 0.4) is 0 Å². The summed E-state index contributed by atoms with van der Waals surface area (Å²) in [5.74, 6) is 0.562. The van der Waals surface area contributed by atoms with Crippen molar-refractivity contribution in [2.75, 3.05) is 19.8 Å². The maximum absolute atomic E-state index is 11.1. The van der Waals surface area contributed by atoms with E-state index in [0.717, 1.165) is 34.8 Å². The van der Waals surface area contributed by atoms with Gasteiger partial charge in [0.05, 0.1) is 12.0 Å². The first-order chi connectivity index (χ1) is 10.7. The fourth-order valence-corrected chi connectivity index (χ4v) is 3.51. The van der Waals surface area contributed by atoms with Gasteiger partial charge in [-0.2, -0.15) is 0 Å². The average molecular weight is 305 g/mol. The molecule has 1 aliphatic carbocycles. The lowest BCUT2D eigenvalue weighted by atomic mass is 9.94. The molecule has 1 unspecified atom stereocenters. The highest BCUT2D eigenvalue weighted by Gasteiger charge is 2.25. The quantitative estimate of drug-likeness (QED) is 0.827. The normalized spacial score (nSPS) is 19.6. The zero-order valence-electron chi connectivity index (χ0n) is 12.8. The summed E-state index contributed by atoms with van der Waals surface area (Å²) in [5, 5.41) is 11.1. The van der Waals surface area contributed by atoms with Crippen LogP contribution in [0.5, 0.6) is 11.5 Å². The summed E-state index contributed by atoms with van der Waals surface area (Å²) in [5.41, 5.74) is 1.09. The fraction of sp³-hybridized carbons (Fsp3) is 0.588. The summed E-state index contributed by atoms with van der Waals surface area (Å²) < 4.78 is 11.1. The SMILES string of the molecule is O=C([O-])C[NH+](Cc1ccc2c(c1)OCCO2)C1CCCCC1. The number of carbonyl (C=O) groups is 1. The van der Waals surface area contributed by atoms with Gasteiger partial charge < -0.3 is 24.3 Å². The van der Waals surface area contributed by atoms with Gasteiger partial charge in [0.25, 0.3) is 0 Å². The van der Waals surface area contributed by atoms with Crippen LogP contribution in [-0.2, 0) is 11.3 Å². The summed E-state index contributed by atoms with van der Waals surface area (Å²) in [6.07, 6.45) is 5.87. The molecule has 1 saturated carbocycles. The van der Waals surface area contributed by atoms with Gasteiger partial charge in [0, 0.05) is 5.56 Å². The van der Waals surface area contributed by atoms with Crippen LogP contribution in [-0.4, -0.2) is 31.8 Å². The van der Waals surface area contributed by atoms with Gasteiger partial charge in [0.2, 0.25) is 0 Å². The molecule has 0 radical (unpaired) electrons. The van der Waals surface area contributed by atoms with E-state index >= 15 is 0 Å². The van der Waals surface area contributed by atoms with Gasteiger partial charge in [-0.05, 0) is 43.9 Å². The molecular formula is C17H23NO4. The predicted octanol–water partition coefficient (Wildman–Crippen LogP) is -0.0747. The monoisotopic (exact) mass is 305 g/mol. The minimum absolute atomic E-state index is 0.0686. The van der Waals surface area contributed by atoms with E-state index in [1.807, 2.05) is 18.2 Å². The molecule has 0 bridgehead atoms.